The van der Waals surface area contributed by atoms with E-state index in [4.69, 9.17) is 9.47 Å². The van der Waals surface area contributed by atoms with Gasteiger partial charge >= 0.3 is 12.2 Å². The molecule has 0 aromatic heterocycles. The van der Waals surface area contributed by atoms with Crippen molar-refractivity contribution in [3.8, 4) is 0 Å². The minimum absolute atomic E-state index is 0.127. The fraction of sp³-hybridized carbons (Fsp3) is 0.440. The van der Waals surface area contributed by atoms with E-state index in [0.29, 0.717) is 19.4 Å². The number of carbonyl (C=O) groups excluding carboxylic acids is 2. The monoisotopic (exact) mass is 442 g/mol. The summed E-state index contributed by atoms with van der Waals surface area (Å²) in [6, 6.07) is 15.1. The van der Waals surface area contributed by atoms with Gasteiger partial charge in [0.1, 0.15) is 18.0 Å². The van der Waals surface area contributed by atoms with Gasteiger partial charge in [-0.15, -0.1) is 0 Å². The Bertz CT molecular complexity index is 912. The molecule has 2 aromatic rings. The van der Waals surface area contributed by atoms with Gasteiger partial charge in [-0.2, -0.15) is 0 Å². The lowest BCUT2D eigenvalue weighted by Gasteiger charge is -2.42. The quantitative estimate of drug-likeness (QED) is 0.624. The number of hydrogen-bond donors (Lipinski definition) is 0. The molecule has 1 aliphatic rings. The second-order valence-electron chi connectivity index (χ2n) is 9.07. The number of amides is 2. The number of piperidine rings is 1. The highest BCUT2D eigenvalue weighted by Gasteiger charge is 2.37. The van der Waals surface area contributed by atoms with Crippen molar-refractivity contribution in [3.63, 3.8) is 0 Å². The van der Waals surface area contributed by atoms with Crippen LogP contribution >= 0.6 is 0 Å². The zero-order valence-corrected chi connectivity index (χ0v) is 19.1. The Morgan fingerprint density at radius 3 is 2.38 bits per heavy atom. The minimum Gasteiger partial charge on any atom is -0.445 e. The first-order valence-corrected chi connectivity index (χ1v) is 10.8. The summed E-state index contributed by atoms with van der Waals surface area (Å²) in [6.45, 7) is 6.06. The van der Waals surface area contributed by atoms with E-state index in [9.17, 15) is 14.0 Å². The number of nitrogens with zero attached hydrogens (tertiary/aromatic N) is 2. The predicted molar refractivity (Wildman–Crippen MR) is 119 cm³/mol. The number of likely N-dealkylation sites (tertiary alicyclic amines) is 1. The van der Waals surface area contributed by atoms with Crippen molar-refractivity contribution in [2.24, 2.45) is 0 Å². The molecule has 1 unspecified atom stereocenters. The van der Waals surface area contributed by atoms with Gasteiger partial charge in [0.2, 0.25) is 0 Å². The molecular weight excluding hydrogens is 411 g/mol. The number of benzene rings is 2. The third-order valence-corrected chi connectivity index (χ3v) is 5.50. The van der Waals surface area contributed by atoms with Crippen LogP contribution in [0.5, 0.6) is 0 Å². The highest BCUT2D eigenvalue weighted by atomic mass is 19.1. The third kappa shape index (κ3) is 6.22. The van der Waals surface area contributed by atoms with Crippen LogP contribution in [-0.2, 0) is 16.1 Å². The zero-order chi connectivity index (χ0) is 23.3. The van der Waals surface area contributed by atoms with Gasteiger partial charge in [-0.3, -0.25) is 0 Å². The number of ether oxygens (including phenoxy) is 2. The van der Waals surface area contributed by atoms with Crippen molar-refractivity contribution in [1.29, 1.82) is 0 Å². The lowest BCUT2D eigenvalue weighted by molar-refractivity contribution is 0.00745. The Morgan fingerprint density at radius 1 is 1.09 bits per heavy atom. The van der Waals surface area contributed by atoms with E-state index in [1.165, 1.54) is 12.1 Å². The summed E-state index contributed by atoms with van der Waals surface area (Å²) in [5.74, 6) is -0.342. The lowest BCUT2D eigenvalue weighted by Crippen LogP contribution is -2.49. The Morgan fingerprint density at radius 2 is 1.75 bits per heavy atom. The maximum absolute atomic E-state index is 13.5. The molecule has 0 saturated carbocycles. The van der Waals surface area contributed by atoms with Crippen molar-refractivity contribution in [2.45, 2.75) is 57.9 Å². The largest absolute Gasteiger partial charge is 0.445 e. The molecule has 1 saturated heterocycles. The molecule has 0 aliphatic carbocycles. The highest BCUT2D eigenvalue weighted by Crippen LogP contribution is 2.34. The molecule has 1 heterocycles. The molecule has 2 aromatic carbocycles. The number of hydrogen-bond acceptors (Lipinski definition) is 4. The third-order valence-electron chi connectivity index (χ3n) is 5.50. The van der Waals surface area contributed by atoms with Crippen LogP contribution in [-0.4, -0.2) is 47.2 Å². The molecule has 2 atom stereocenters. The van der Waals surface area contributed by atoms with Gasteiger partial charge in [-0.05, 0) is 56.9 Å². The zero-order valence-electron chi connectivity index (χ0n) is 19.1. The average molecular weight is 443 g/mol. The van der Waals surface area contributed by atoms with E-state index in [2.05, 4.69) is 0 Å². The summed E-state index contributed by atoms with van der Waals surface area (Å²) >= 11 is 0. The first-order valence-electron chi connectivity index (χ1n) is 10.8. The molecule has 1 aliphatic heterocycles. The van der Waals surface area contributed by atoms with Crippen LogP contribution in [0.4, 0.5) is 14.0 Å². The second kappa shape index (κ2) is 10.0. The first kappa shape index (κ1) is 23.6. The Balaban J connectivity index is 1.75. The summed E-state index contributed by atoms with van der Waals surface area (Å²) in [4.78, 5) is 28.8. The lowest BCUT2D eigenvalue weighted by atomic mass is 9.91. The summed E-state index contributed by atoms with van der Waals surface area (Å²) in [5, 5.41) is 0. The second-order valence-corrected chi connectivity index (χ2v) is 9.07. The van der Waals surface area contributed by atoms with Crippen molar-refractivity contribution in [2.75, 3.05) is 13.6 Å². The smallest absolute Gasteiger partial charge is 0.410 e. The van der Waals surface area contributed by atoms with E-state index >= 15 is 0 Å². The minimum atomic E-state index is -0.594. The fourth-order valence-corrected chi connectivity index (χ4v) is 3.80. The topological polar surface area (TPSA) is 59.1 Å². The maximum atomic E-state index is 13.5. The summed E-state index contributed by atoms with van der Waals surface area (Å²) < 4.78 is 24.6. The molecule has 3 rings (SSSR count). The Hall–Kier alpha value is -3.09. The van der Waals surface area contributed by atoms with Crippen molar-refractivity contribution in [1.82, 2.24) is 9.80 Å². The molecule has 0 bridgehead atoms. The molecule has 0 radical (unpaired) electrons. The molecule has 6 nitrogen and oxygen atoms in total. The van der Waals surface area contributed by atoms with Crippen molar-refractivity contribution in [3.05, 3.63) is 71.5 Å². The molecule has 7 heteroatoms. The summed E-state index contributed by atoms with van der Waals surface area (Å²) in [6.07, 6.45) is 0.261. The number of carbonyl (C=O) groups is 2. The van der Waals surface area contributed by atoms with Gasteiger partial charge < -0.3 is 19.3 Å². The fourth-order valence-electron chi connectivity index (χ4n) is 3.80. The Kier molecular flexibility index (Phi) is 7.38. The van der Waals surface area contributed by atoms with E-state index < -0.39 is 17.8 Å². The van der Waals surface area contributed by atoms with Crippen LogP contribution in [0.15, 0.2) is 54.6 Å². The number of rotatable bonds is 4. The van der Waals surface area contributed by atoms with Crippen molar-refractivity contribution >= 4 is 12.2 Å². The average Bonchev–Trinajstić information content (AvgIpc) is 2.76. The van der Waals surface area contributed by atoms with E-state index in [0.717, 1.165) is 11.1 Å². The normalized spacial score (nSPS) is 18.7. The number of halogens is 1. The van der Waals surface area contributed by atoms with E-state index in [1.54, 1.807) is 29.0 Å². The molecule has 0 spiro atoms. The standard InChI is InChI=1S/C25H31FN2O4/c1-25(2,3)32-23(29)27(4)21-14-15-28(22(16-21)19-10-12-20(26)13-11-19)24(30)31-17-18-8-6-5-7-9-18/h5-13,21-22H,14-17H2,1-4H3/t21?,22-/m1/s1. The van der Waals surface area contributed by atoms with Crippen LogP contribution in [0.1, 0.15) is 50.8 Å². The molecule has 172 valence electrons. The molecule has 0 N–H and O–H groups in total. The molecule has 1 fully saturated rings. The highest BCUT2D eigenvalue weighted by molar-refractivity contribution is 5.70. The van der Waals surface area contributed by atoms with Gasteiger partial charge in [0.15, 0.2) is 0 Å². The first-order chi connectivity index (χ1) is 15.1. The van der Waals surface area contributed by atoms with Crippen LogP contribution in [0.3, 0.4) is 0 Å². The van der Waals surface area contributed by atoms with E-state index in [-0.39, 0.29) is 24.5 Å². The van der Waals surface area contributed by atoms with Crippen LogP contribution < -0.4 is 0 Å². The Labute approximate surface area is 188 Å². The molecule has 32 heavy (non-hydrogen) atoms. The SMILES string of the molecule is CN(C(=O)OC(C)(C)C)C1CCN(C(=O)OCc2ccccc2)[C@@H](c2ccc(F)cc2)C1. The maximum Gasteiger partial charge on any atom is 0.410 e. The van der Waals surface area contributed by atoms with Crippen LogP contribution in [0, 0.1) is 5.82 Å². The van der Waals surface area contributed by atoms with Gasteiger partial charge in [0, 0.05) is 19.6 Å². The van der Waals surface area contributed by atoms with Gasteiger partial charge in [0.05, 0.1) is 6.04 Å². The molecule has 2 amide bonds. The predicted octanol–water partition coefficient (Wildman–Crippen LogP) is 5.53. The van der Waals surface area contributed by atoms with Gasteiger partial charge in [-0.25, -0.2) is 14.0 Å². The van der Waals surface area contributed by atoms with E-state index in [1.807, 2.05) is 51.1 Å². The van der Waals surface area contributed by atoms with Crippen LogP contribution in [0.25, 0.3) is 0 Å². The van der Waals surface area contributed by atoms with Gasteiger partial charge in [-0.1, -0.05) is 42.5 Å². The molecular formula is C25H31FN2O4. The van der Waals surface area contributed by atoms with Crippen LogP contribution in [0.2, 0.25) is 0 Å². The van der Waals surface area contributed by atoms with Gasteiger partial charge in [0.25, 0.3) is 0 Å². The summed E-state index contributed by atoms with van der Waals surface area (Å²) in [7, 11) is 1.71. The summed E-state index contributed by atoms with van der Waals surface area (Å²) in [5.41, 5.74) is 1.10. The van der Waals surface area contributed by atoms with Crippen molar-refractivity contribution < 1.29 is 23.5 Å².